The van der Waals surface area contributed by atoms with E-state index in [0.717, 1.165) is 32.2 Å². The van der Waals surface area contributed by atoms with Gasteiger partial charge < -0.3 is 15.4 Å². The number of rotatable bonds is 4. The van der Waals surface area contributed by atoms with E-state index in [4.69, 9.17) is 4.74 Å². The first-order chi connectivity index (χ1) is 10.2. The molecule has 1 saturated carbocycles. The smallest absolute Gasteiger partial charge is 0.0623 e. The van der Waals surface area contributed by atoms with E-state index >= 15 is 0 Å². The zero-order chi connectivity index (χ0) is 14.7. The molecule has 3 unspecified atom stereocenters. The standard InChI is InChI=1S/C18H28N2O/c1-13-6-7-15(14(2)10-13)11-20-17-5-3-4-16(17)18-12-21-9-8-19-18/h6-7,10,16-20H,3-5,8-9,11-12H2,1-2H3. The van der Waals surface area contributed by atoms with Gasteiger partial charge in [0.1, 0.15) is 0 Å². The van der Waals surface area contributed by atoms with Crippen molar-refractivity contribution in [3.8, 4) is 0 Å². The van der Waals surface area contributed by atoms with Gasteiger partial charge >= 0.3 is 0 Å². The van der Waals surface area contributed by atoms with Crippen molar-refractivity contribution in [3.63, 3.8) is 0 Å². The van der Waals surface area contributed by atoms with Crippen LogP contribution in [0.5, 0.6) is 0 Å². The zero-order valence-corrected chi connectivity index (χ0v) is 13.3. The minimum absolute atomic E-state index is 0.540. The maximum atomic E-state index is 5.65. The molecule has 2 fully saturated rings. The Hall–Kier alpha value is -0.900. The first kappa shape index (κ1) is 15.0. The summed E-state index contributed by atoms with van der Waals surface area (Å²) in [6, 6.07) is 7.93. The molecule has 0 aromatic heterocycles. The highest BCUT2D eigenvalue weighted by Gasteiger charge is 2.34. The molecule has 1 aromatic carbocycles. The van der Waals surface area contributed by atoms with Crippen molar-refractivity contribution in [2.24, 2.45) is 5.92 Å². The Morgan fingerprint density at radius 3 is 2.95 bits per heavy atom. The van der Waals surface area contributed by atoms with Crippen LogP contribution in [0.3, 0.4) is 0 Å². The lowest BCUT2D eigenvalue weighted by atomic mass is 9.93. The molecule has 3 rings (SSSR count). The van der Waals surface area contributed by atoms with Crippen LogP contribution >= 0.6 is 0 Å². The average molecular weight is 288 g/mol. The Labute approximate surface area is 128 Å². The first-order valence-electron chi connectivity index (χ1n) is 8.34. The third-order valence-electron chi connectivity index (χ3n) is 5.09. The zero-order valence-electron chi connectivity index (χ0n) is 13.3. The molecule has 1 aromatic rings. The van der Waals surface area contributed by atoms with Gasteiger partial charge in [-0.1, -0.05) is 30.2 Å². The summed E-state index contributed by atoms with van der Waals surface area (Å²) in [4.78, 5) is 0. The van der Waals surface area contributed by atoms with Crippen molar-refractivity contribution in [1.82, 2.24) is 10.6 Å². The summed E-state index contributed by atoms with van der Waals surface area (Å²) in [5.74, 6) is 0.719. The van der Waals surface area contributed by atoms with Gasteiger partial charge in [-0.25, -0.2) is 0 Å². The maximum absolute atomic E-state index is 5.65. The van der Waals surface area contributed by atoms with Crippen LogP contribution < -0.4 is 10.6 Å². The molecule has 0 bridgehead atoms. The van der Waals surface area contributed by atoms with Crippen LogP contribution in [0.15, 0.2) is 18.2 Å². The average Bonchev–Trinajstić information content (AvgIpc) is 2.96. The molecular formula is C18H28N2O. The van der Waals surface area contributed by atoms with Crippen LogP contribution in [-0.4, -0.2) is 31.8 Å². The Bertz CT molecular complexity index is 468. The lowest BCUT2D eigenvalue weighted by Gasteiger charge is -2.33. The van der Waals surface area contributed by atoms with E-state index in [9.17, 15) is 0 Å². The van der Waals surface area contributed by atoms with E-state index in [1.165, 1.54) is 36.0 Å². The van der Waals surface area contributed by atoms with Crippen molar-refractivity contribution in [1.29, 1.82) is 0 Å². The van der Waals surface area contributed by atoms with E-state index in [1.807, 2.05) is 0 Å². The van der Waals surface area contributed by atoms with E-state index < -0.39 is 0 Å². The molecule has 2 aliphatic rings. The highest BCUT2D eigenvalue weighted by atomic mass is 16.5. The topological polar surface area (TPSA) is 33.3 Å². The molecule has 21 heavy (non-hydrogen) atoms. The molecule has 0 amide bonds. The second-order valence-electron chi connectivity index (χ2n) is 6.65. The predicted molar refractivity (Wildman–Crippen MR) is 86.5 cm³/mol. The van der Waals surface area contributed by atoms with Crippen molar-refractivity contribution in [2.75, 3.05) is 19.8 Å². The second-order valence-corrected chi connectivity index (χ2v) is 6.65. The normalized spacial score (nSPS) is 29.7. The van der Waals surface area contributed by atoms with Gasteiger partial charge in [-0.05, 0) is 43.7 Å². The van der Waals surface area contributed by atoms with Gasteiger partial charge in [-0.15, -0.1) is 0 Å². The third kappa shape index (κ3) is 3.65. The minimum atomic E-state index is 0.540. The lowest BCUT2D eigenvalue weighted by molar-refractivity contribution is 0.0524. The van der Waals surface area contributed by atoms with Gasteiger partial charge in [0, 0.05) is 25.2 Å². The number of nitrogens with one attached hydrogen (secondary N) is 2. The summed E-state index contributed by atoms with van der Waals surface area (Å²) in [6.07, 6.45) is 3.97. The van der Waals surface area contributed by atoms with Crippen LogP contribution in [0.2, 0.25) is 0 Å². The number of benzene rings is 1. The number of morpholine rings is 1. The summed E-state index contributed by atoms with van der Waals surface area (Å²) < 4.78 is 5.65. The molecule has 1 saturated heterocycles. The van der Waals surface area contributed by atoms with E-state index in [0.29, 0.717) is 12.1 Å². The van der Waals surface area contributed by atoms with Crippen LogP contribution in [0.25, 0.3) is 0 Å². The summed E-state index contributed by atoms with van der Waals surface area (Å²) in [5.41, 5.74) is 4.17. The molecule has 1 aliphatic heterocycles. The van der Waals surface area contributed by atoms with Crippen molar-refractivity contribution < 1.29 is 4.74 Å². The molecule has 0 radical (unpaired) electrons. The van der Waals surface area contributed by atoms with Gasteiger partial charge in [0.25, 0.3) is 0 Å². The van der Waals surface area contributed by atoms with Crippen LogP contribution in [-0.2, 0) is 11.3 Å². The molecule has 1 aliphatic carbocycles. The Balaban J connectivity index is 1.58. The number of hydrogen-bond donors (Lipinski definition) is 2. The molecule has 3 nitrogen and oxygen atoms in total. The highest BCUT2D eigenvalue weighted by molar-refractivity contribution is 5.30. The first-order valence-corrected chi connectivity index (χ1v) is 8.34. The minimum Gasteiger partial charge on any atom is -0.379 e. The van der Waals surface area contributed by atoms with Crippen molar-refractivity contribution in [3.05, 3.63) is 34.9 Å². The maximum Gasteiger partial charge on any atom is 0.0623 e. The fraction of sp³-hybridized carbons (Fsp3) is 0.667. The second kappa shape index (κ2) is 6.91. The fourth-order valence-electron chi connectivity index (χ4n) is 3.87. The Kier molecular flexibility index (Phi) is 4.94. The molecular weight excluding hydrogens is 260 g/mol. The van der Waals surface area contributed by atoms with E-state index in [-0.39, 0.29) is 0 Å². The van der Waals surface area contributed by atoms with E-state index in [1.54, 1.807) is 0 Å². The molecule has 0 spiro atoms. The SMILES string of the molecule is Cc1ccc(CNC2CCCC2C2COCCN2)c(C)c1. The molecule has 2 N–H and O–H groups in total. The molecule has 116 valence electrons. The number of ether oxygens (including phenoxy) is 1. The summed E-state index contributed by atoms with van der Waals surface area (Å²) in [5, 5.41) is 7.45. The summed E-state index contributed by atoms with van der Waals surface area (Å²) in [6.45, 7) is 8.11. The molecule has 1 heterocycles. The summed E-state index contributed by atoms with van der Waals surface area (Å²) in [7, 11) is 0. The lowest BCUT2D eigenvalue weighted by Crippen LogP contribution is -2.50. The monoisotopic (exact) mass is 288 g/mol. The van der Waals surface area contributed by atoms with Gasteiger partial charge in [-0.3, -0.25) is 0 Å². The fourth-order valence-corrected chi connectivity index (χ4v) is 3.87. The molecule has 3 atom stereocenters. The Morgan fingerprint density at radius 2 is 2.19 bits per heavy atom. The summed E-state index contributed by atoms with van der Waals surface area (Å²) >= 11 is 0. The van der Waals surface area contributed by atoms with Crippen LogP contribution in [0.4, 0.5) is 0 Å². The number of aryl methyl sites for hydroxylation is 2. The predicted octanol–water partition coefficient (Wildman–Crippen LogP) is 2.55. The van der Waals surface area contributed by atoms with E-state index in [2.05, 4.69) is 42.7 Å². The van der Waals surface area contributed by atoms with Gasteiger partial charge in [0.15, 0.2) is 0 Å². The quantitative estimate of drug-likeness (QED) is 0.893. The molecule has 3 heteroatoms. The van der Waals surface area contributed by atoms with Gasteiger partial charge in [0.05, 0.1) is 13.2 Å². The van der Waals surface area contributed by atoms with Crippen molar-refractivity contribution in [2.45, 2.75) is 51.7 Å². The van der Waals surface area contributed by atoms with Gasteiger partial charge in [-0.2, -0.15) is 0 Å². The van der Waals surface area contributed by atoms with Crippen LogP contribution in [0, 0.1) is 19.8 Å². The highest BCUT2D eigenvalue weighted by Crippen LogP contribution is 2.29. The number of hydrogen-bond acceptors (Lipinski definition) is 3. The van der Waals surface area contributed by atoms with Crippen molar-refractivity contribution >= 4 is 0 Å². The Morgan fingerprint density at radius 1 is 1.29 bits per heavy atom. The van der Waals surface area contributed by atoms with Crippen LogP contribution in [0.1, 0.15) is 36.0 Å². The largest absolute Gasteiger partial charge is 0.379 e. The third-order valence-corrected chi connectivity index (χ3v) is 5.09. The van der Waals surface area contributed by atoms with Gasteiger partial charge in [0.2, 0.25) is 0 Å².